The fraction of sp³-hybridized carbons (Fsp3) is 0.417. The number of benzene rings is 1. The van der Waals surface area contributed by atoms with E-state index in [2.05, 4.69) is 17.0 Å². The summed E-state index contributed by atoms with van der Waals surface area (Å²) in [7, 11) is 0. The highest BCUT2D eigenvalue weighted by Crippen LogP contribution is 2.22. The minimum Gasteiger partial charge on any atom is -0.389 e. The molecule has 86 valence electrons. The Hall–Kier alpha value is -1.13. The Labute approximate surface area is 101 Å². The lowest BCUT2D eigenvalue weighted by Gasteiger charge is -2.30. The van der Waals surface area contributed by atoms with Crippen molar-refractivity contribution in [3.8, 4) is 0 Å². The van der Waals surface area contributed by atoms with Crippen molar-refractivity contribution in [2.75, 3.05) is 31.2 Å². The molecular weight excluding hydrogens is 220 g/mol. The quantitative estimate of drug-likeness (QED) is 0.789. The van der Waals surface area contributed by atoms with Crippen molar-refractivity contribution >= 4 is 22.9 Å². The molecule has 0 spiro atoms. The lowest BCUT2D eigenvalue weighted by molar-refractivity contribution is 0.122. The van der Waals surface area contributed by atoms with Crippen LogP contribution in [0.15, 0.2) is 18.2 Å². The van der Waals surface area contributed by atoms with Crippen LogP contribution in [0, 0.1) is 6.92 Å². The zero-order valence-electron chi connectivity index (χ0n) is 9.40. The van der Waals surface area contributed by atoms with Crippen LogP contribution in [-0.4, -0.2) is 31.3 Å². The first-order chi connectivity index (χ1) is 7.68. The van der Waals surface area contributed by atoms with Crippen LogP contribution in [0.5, 0.6) is 0 Å². The molecule has 0 bridgehead atoms. The largest absolute Gasteiger partial charge is 0.389 e. The molecule has 0 atom stereocenters. The molecule has 0 amide bonds. The molecule has 2 N–H and O–H groups in total. The maximum atomic E-state index is 5.76. The lowest BCUT2D eigenvalue weighted by Crippen LogP contribution is -2.37. The molecule has 0 aromatic heterocycles. The van der Waals surface area contributed by atoms with E-state index in [0.717, 1.165) is 37.6 Å². The van der Waals surface area contributed by atoms with Gasteiger partial charge in [-0.2, -0.15) is 0 Å². The van der Waals surface area contributed by atoms with Crippen LogP contribution in [0.25, 0.3) is 0 Å². The molecular formula is C12H16N2OS. The Morgan fingerprint density at radius 1 is 1.38 bits per heavy atom. The minimum absolute atomic E-state index is 0.463. The molecule has 16 heavy (non-hydrogen) atoms. The number of aryl methyl sites for hydroxylation is 1. The fourth-order valence-electron chi connectivity index (χ4n) is 1.93. The van der Waals surface area contributed by atoms with Gasteiger partial charge >= 0.3 is 0 Å². The van der Waals surface area contributed by atoms with Gasteiger partial charge in [0.2, 0.25) is 0 Å². The number of hydrogen-bond acceptors (Lipinski definition) is 3. The van der Waals surface area contributed by atoms with Crippen LogP contribution >= 0.6 is 12.2 Å². The van der Waals surface area contributed by atoms with E-state index in [1.165, 1.54) is 5.56 Å². The molecule has 1 heterocycles. The predicted octanol–water partition coefficient (Wildman–Crippen LogP) is 1.47. The third kappa shape index (κ3) is 2.33. The number of rotatable bonds is 2. The summed E-state index contributed by atoms with van der Waals surface area (Å²) >= 11 is 5.10. The van der Waals surface area contributed by atoms with Gasteiger partial charge in [0, 0.05) is 24.3 Å². The van der Waals surface area contributed by atoms with Gasteiger partial charge in [-0.1, -0.05) is 23.8 Å². The Morgan fingerprint density at radius 2 is 2.06 bits per heavy atom. The second-order valence-corrected chi connectivity index (χ2v) is 4.42. The summed E-state index contributed by atoms with van der Waals surface area (Å²) < 4.78 is 5.34. The molecule has 1 fully saturated rings. The van der Waals surface area contributed by atoms with Gasteiger partial charge in [-0.3, -0.25) is 0 Å². The molecule has 2 rings (SSSR count). The topological polar surface area (TPSA) is 38.5 Å². The van der Waals surface area contributed by atoms with Crippen LogP contribution < -0.4 is 10.6 Å². The average molecular weight is 236 g/mol. The number of hydrogen-bond donors (Lipinski definition) is 1. The second kappa shape index (κ2) is 4.80. The standard InChI is InChI=1S/C12H16N2OS/c1-9-2-3-11(10(8-9)12(13)16)14-4-6-15-7-5-14/h2-3,8H,4-7H2,1H3,(H2,13,16). The van der Waals surface area contributed by atoms with E-state index < -0.39 is 0 Å². The van der Waals surface area contributed by atoms with E-state index in [0.29, 0.717) is 4.99 Å². The molecule has 0 unspecified atom stereocenters. The molecule has 1 aliphatic heterocycles. The molecule has 0 radical (unpaired) electrons. The van der Waals surface area contributed by atoms with E-state index in [4.69, 9.17) is 22.7 Å². The van der Waals surface area contributed by atoms with Gasteiger partial charge in [-0.25, -0.2) is 0 Å². The average Bonchev–Trinajstić information content (AvgIpc) is 2.30. The van der Waals surface area contributed by atoms with Gasteiger partial charge in [0.15, 0.2) is 0 Å². The zero-order chi connectivity index (χ0) is 11.5. The second-order valence-electron chi connectivity index (χ2n) is 3.98. The summed E-state index contributed by atoms with van der Waals surface area (Å²) in [5, 5.41) is 0. The van der Waals surface area contributed by atoms with Crippen LogP contribution in [0.3, 0.4) is 0 Å². The SMILES string of the molecule is Cc1ccc(N2CCOCC2)c(C(N)=S)c1. The summed E-state index contributed by atoms with van der Waals surface area (Å²) in [6.07, 6.45) is 0. The summed E-state index contributed by atoms with van der Waals surface area (Å²) in [6.45, 7) is 5.39. The van der Waals surface area contributed by atoms with Crippen molar-refractivity contribution in [2.45, 2.75) is 6.92 Å². The number of anilines is 1. The van der Waals surface area contributed by atoms with E-state index in [1.54, 1.807) is 0 Å². The van der Waals surface area contributed by atoms with Crippen molar-refractivity contribution in [3.63, 3.8) is 0 Å². The molecule has 0 aliphatic carbocycles. The molecule has 3 nitrogen and oxygen atoms in total. The fourth-order valence-corrected chi connectivity index (χ4v) is 2.09. The third-order valence-corrected chi connectivity index (χ3v) is 2.99. The maximum absolute atomic E-state index is 5.76. The molecule has 4 heteroatoms. The first-order valence-corrected chi connectivity index (χ1v) is 5.82. The normalized spacial score (nSPS) is 16.2. The molecule has 1 aromatic rings. The Balaban J connectivity index is 2.34. The van der Waals surface area contributed by atoms with Gasteiger partial charge in [0.1, 0.15) is 4.99 Å². The first-order valence-electron chi connectivity index (χ1n) is 5.41. The third-order valence-electron chi connectivity index (χ3n) is 2.77. The molecule has 1 aromatic carbocycles. The Morgan fingerprint density at radius 3 is 2.69 bits per heavy atom. The zero-order valence-corrected chi connectivity index (χ0v) is 10.2. The summed E-state index contributed by atoms with van der Waals surface area (Å²) in [6, 6.07) is 6.23. The monoisotopic (exact) mass is 236 g/mol. The van der Waals surface area contributed by atoms with Crippen molar-refractivity contribution in [2.24, 2.45) is 5.73 Å². The minimum atomic E-state index is 0.463. The van der Waals surface area contributed by atoms with Crippen LogP contribution in [0.2, 0.25) is 0 Å². The van der Waals surface area contributed by atoms with Crippen LogP contribution in [-0.2, 0) is 4.74 Å². The van der Waals surface area contributed by atoms with Gasteiger partial charge in [-0.15, -0.1) is 0 Å². The summed E-state index contributed by atoms with van der Waals surface area (Å²) in [5.41, 5.74) is 9.04. The van der Waals surface area contributed by atoms with E-state index in [1.807, 2.05) is 13.0 Å². The maximum Gasteiger partial charge on any atom is 0.106 e. The number of thiocarbonyl (C=S) groups is 1. The first kappa shape index (κ1) is 11.4. The Bertz CT molecular complexity index is 400. The van der Waals surface area contributed by atoms with E-state index >= 15 is 0 Å². The number of nitrogens with zero attached hydrogens (tertiary/aromatic N) is 1. The van der Waals surface area contributed by atoms with E-state index in [-0.39, 0.29) is 0 Å². The highest BCUT2D eigenvalue weighted by Gasteiger charge is 2.15. The highest BCUT2D eigenvalue weighted by molar-refractivity contribution is 7.80. The smallest absolute Gasteiger partial charge is 0.106 e. The van der Waals surface area contributed by atoms with Crippen molar-refractivity contribution < 1.29 is 4.74 Å². The van der Waals surface area contributed by atoms with Gasteiger partial charge < -0.3 is 15.4 Å². The Kier molecular flexibility index (Phi) is 3.41. The van der Waals surface area contributed by atoms with Gasteiger partial charge in [0.05, 0.1) is 13.2 Å². The number of morpholine rings is 1. The lowest BCUT2D eigenvalue weighted by atomic mass is 10.1. The van der Waals surface area contributed by atoms with Crippen molar-refractivity contribution in [3.05, 3.63) is 29.3 Å². The number of nitrogens with two attached hydrogens (primary N) is 1. The predicted molar refractivity (Wildman–Crippen MR) is 70.1 cm³/mol. The molecule has 0 saturated carbocycles. The van der Waals surface area contributed by atoms with Gasteiger partial charge in [0.25, 0.3) is 0 Å². The highest BCUT2D eigenvalue weighted by atomic mass is 32.1. The van der Waals surface area contributed by atoms with Crippen molar-refractivity contribution in [1.82, 2.24) is 0 Å². The summed E-state index contributed by atoms with van der Waals surface area (Å²) in [5.74, 6) is 0. The van der Waals surface area contributed by atoms with Crippen molar-refractivity contribution in [1.29, 1.82) is 0 Å². The molecule has 1 saturated heterocycles. The van der Waals surface area contributed by atoms with Crippen LogP contribution in [0.4, 0.5) is 5.69 Å². The summed E-state index contributed by atoms with van der Waals surface area (Å²) in [4.78, 5) is 2.74. The number of ether oxygens (including phenoxy) is 1. The van der Waals surface area contributed by atoms with Crippen LogP contribution in [0.1, 0.15) is 11.1 Å². The van der Waals surface area contributed by atoms with Gasteiger partial charge in [-0.05, 0) is 19.1 Å². The van der Waals surface area contributed by atoms with E-state index in [9.17, 15) is 0 Å². The molecule has 1 aliphatic rings.